The van der Waals surface area contributed by atoms with Crippen LogP contribution >= 0.6 is 0 Å². The largest absolute Gasteiger partial charge is 0.486 e. The van der Waals surface area contributed by atoms with E-state index in [2.05, 4.69) is 19.2 Å². The Morgan fingerprint density at radius 2 is 2.06 bits per heavy atom. The molecule has 0 amide bonds. The van der Waals surface area contributed by atoms with Crippen molar-refractivity contribution in [2.45, 2.75) is 26.4 Å². The number of hydrogen-bond acceptors (Lipinski definition) is 3. The summed E-state index contributed by atoms with van der Waals surface area (Å²) in [5.41, 5.74) is 0. The number of nitrogens with one attached hydrogen (secondary N) is 1. The minimum atomic E-state index is 0.122. The molecule has 3 nitrogen and oxygen atoms in total. The van der Waals surface area contributed by atoms with Crippen molar-refractivity contribution in [2.75, 3.05) is 19.7 Å². The molecule has 1 heterocycles. The van der Waals surface area contributed by atoms with E-state index >= 15 is 0 Å². The zero-order valence-electron chi connectivity index (χ0n) is 10.6. The third-order valence-corrected chi connectivity index (χ3v) is 2.84. The van der Waals surface area contributed by atoms with Gasteiger partial charge in [0.2, 0.25) is 0 Å². The molecule has 1 atom stereocenters. The van der Waals surface area contributed by atoms with E-state index in [4.69, 9.17) is 9.47 Å². The molecule has 1 aromatic carbocycles. The van der Waals surface area contributed by atoms with Gasteiger partial charge in [-0.1, -0.05) is 26.0 Å². The fourth-order valence-corrected chi connectivity index (χ4v) is 1.82. The van der Waals surface area contributed by atoms with Gasteiger partial charge in [0.1, 0.15) is 12.7 Å². The first-order valence-electron chi connectivity index (χ1n) is 6.35. The highest BCUT2D eigenvalue weighted by Gasteiger charge is 2.19. The van der Waals surface area contributed by atoms with Gasteiger partial charge in [-0.15, -0.1) is 0 Å². The van der Waals surface area contributed by atoms with Crippen molar-refractivity contribution in [1.82, 2.24) is 5.32 Å². The lowest BCUT2D eigenvalue weighted by Crippen LogP contribution is -2.38. The Balaban J connectivity index is 1.75. The third kappa shape index (κ3) is 3.63. The SMILES string of the molecule is CC(C)CCNC[C@H]1COc2ccccc2O1. The highest BCUT2D eigenvalue weighted by atomic mass is 16.6. The van der Waals surface area contributed by atoms with Gasteiger partial charge < -0.3 is 14.8 Å². The molecule has 0 radical (unpaired) electrons. The predicted molar refractivity (Wildman–Crippen MR) is 68.7 cm³/mol. The first-order valence-corrected chi connectivity index (χ1v) is 6.35. The number of ether oxygens (including phenoxy) is 2. The van der Waals surface area contributed by atoms with Crippen LogP contribution in [0.25, 0.3) is 0 Å². The summed E-state index contributed by atoms with van der Waals surface area (Å²) in [6, 6.07) is 7.83. The lowest BCUT2D eigenvalue weighted by molar-refractivity contribution is 0.0903. The molecule has 1 N–H and O–H groups in total. The normalized spacial score (nSPS) is 18.4. The van der Waals surface area contributed by atoms with Gasteiger partial charge in [-0.25, -0.2) is 0 Å². The van der Waals surface area contributed by atoms with Gasteiger partial charge >= 0.3 is 0 Å². The summed E-state index contributed by atoms with van der Waals surface area (Å²) < 4.78 is 11.5. The topological polar surface area (TPSA) is 30.5 Å². The Morgan fingerprint density at radius 1 is 1.29 bits per heavy atom. The summed E-state index contributed by atoms with van der Waals surface area (Å²) in [7, 11) is 0. The van der Waals surface area contributed by atoms with E-state index < -0.39 is 0 Å². The third-order valence-electron chi connectivity index (χ3n) is 2.84. The van der Waals surface area contributed by atoms with Gasteiger partial charge in [0, 0.05) is 6.54 Å². The Kier molecular flexibility index (Phi) is 4.26. The van der Waals surface area contributed by atoms with Gasteiger partial charge in [-0.05, 0) is 31.0 Å². The number of fused-ring (bicyclic) bond motifs is 1. The molecule has 1 aromatic rings. The van der Waals surface area contributed by atoms with Gasteiger partial charge in [0.05, 0.1) is 0 Å². The molecule has 0 aliphatic carbocycles. The van der Waals surface area contributed by atoms with Crippen LogP contribution in [0.1, 0.15) is 20.3 Å². The van der Waals surface area contributed by atoms with E-state index in [0.717, 1.165) is 30.5 Å². The minimum Gasteiger partial charge on any atom is -0.486 e. The van der Waals surface area contributed by atoms with Crippen molar-refractivity contribution >= 4 is 0 Å². The van der Waals surface area contributed by atoms with Crippen molar-refractivity contribution in [3.8, 4) is 11.5 Å². The monoisotopic (exact) mass is 235 g/mol. The molecule has 0 spiro atoms. The maximum Gasteiger partial charge on any atom is 0.161 e. The zero-order chi connectivity index (χ0) is 12.1. The Bertz CT molecular complexity index is 352. The van der Waals surface area contributed by atoms with Crippen molar-refractivity contribution in [2.24, 2.45) is 5.92 Å². The molecule has 0 unspecified atom stereocenters. The van der Waals surface area contributed by atoms with E-state index in [1.165, 1.54) is 6.42 Å². The second-order valence-corrected chi connectivity index (χ2v) is 4.88. The molecular formula is C14H21NO2. The van der Waals surface area contributed by atoms with Crippen molar-refractivity contribution in [3.63, 3.8) is 0 Å². The summed E-state index contributed by atoms with van der Waals surface area (Å²) in [5, 5.41) is 3.41. The highest BCUT2D eigenvalue weighted by Crippen LogP contribution is 2.30. The van der Waals surface area contributed by atoms with E-state index in [-0.39, 0.29) is 6.10 Å². The molecule has 3 heteroatoms. The molecule has 94 valence electrons. The molecule has 2 rings (SSSR count). The van der Waals surface area contributed by atoms with Gasteiger partial charge in [0.25, 0.3) is 0 Å². The Morgan fingerprint density at radius 3 is 2.82 bits per heavy atom. The van der Waals surface area contributed by atoms with Gasteiger partial charge in [0.15, 0.2) is 11.5 Å². The Hall–Kier alpha value is -1.22. The summed E-state index contributed by atoms with van der Waals surface area (Å²) in [4.78, 5) is 0. The molecule has 0 aromatic heterocycles. The van der Waals surface area contributed by atoms with Gasteiger partial charge in [-0.3, -0.25) is 0 Å². The highest BCUT2D eigenvalue weighted by molar-refractivity contribution is 5.40. The van der Waals surface area contributed by atoms with Crippen LogP contribution in [0.15, 0.2) is 24.3 Å². The van der Waals surface area contributed by atoms with Crippen LogP contribution in [0.5, 0.6) is 11.5 Å². The minimum absolute atomic E-state index is 0.122. The second kappa shape index (κ2) is 5.92. The fraction of sp³-hybridized carbons (Fsp3) is 0.571. The van der Waals surface area contributed by atoms with E-state index in [1.807, 2.05) is 24.3 Å². The van der Waals surface area contributed by atoms with E-state index in [0.29, 0.717) is 6.61 Å². The van der Waals surface area contributed by atoms with Crippen molar-refractivity contribution < 1.29 is 9.47 Å². The molecule has 17 heavy (non-hydrogen) atoms. The van der Waals surface area contributed by atoms with Crippen LogP contribution in [0, 0.1) is 5.92 Å². The molecule has 0 saturated heterocycles. The number of para-hydroxylation sites is 2. The summed E-state index contributed by atoms with van der Waals surface area (Å²) in [5.74, 6) is 2.45. The molecular weight excluding hydrogens is 214 g/mol. The van der Waals surface area contributed by atoms with Crippen LogP contribution in [-0.2, 0) is 0 Å². The smallest absolute Gasteiger partial charge is 0.161 e. The van der Waals surface area contributed by atoms with Crippen molar-refractivity contribution in [1.29, 1.82) is 0 Å². The Labute approximate surface area is 103 Å². The van der Waals surface area contributed by atoms with Crippen LogP contribution in [0.3, 0.4) is 0 Å². The quantitative estimate of drug-likeness (QED) is 0.795. The van der Waals surface area contributed by atoms with Crippen LogP contribution in [-0.4, -0.2) is 25.8 Å². The van der Waals surface area contributed by atoms with Crippen LogP contribution < -0.4 is 14.8 Å². The average Bonchev–Trinajstić information content (AvgIpc) is 2.34. The van der Waals surface area contributed by atoms with E-state index in [1.54, 1.807) is 0 Å². The number of rotatable bonds is 5. The number of hydrogen-bond donors (Lipinski definition) is 1. The maximum atomic E-state index is 5.85. The summed E-state index contributed by atoms with van der Waals surface area (Å²) >= 11 is 0. The lowest BCUT2D eigenvalue weighted by Gasteiger charge is -2.26. The summed E-state index contributed by atoms with van der Waals surface area (Å²) in [6.45, 7) is 6.99. The fourth-order valence-electron chi connectivity index (χ4n) is 1.82. The first kappa shape index (κ1) is 12.2. The van der Waals surface area contributed by atoms with Crippen LogP contribution in [0.2, 0.25) is 0 Å². The molecule has 1 aliphatic heterocycles. The summed E-state index contributed by atoms with van der Waals surface area (Å²) in [6.07, 6.45) is 1.32. The van der Waals surface area contributed by atoms with Crippen LogP contribution in [0.4, 0.5) is 0 Å². The lowest BCUT2D eigenvalue weighted by atomic mass is 10.1. The van der Waals surface area contributed by atoms with Gasteiger partial charge in [-0.2, -0.15) is 0 Å². The maximum absolute atomic E-state index is 5.85. The molecule has 1 aliphatic rings. The zero-order valence-corrected chi connectivity index (χ0v) is 10.6. The number of benzene rings is 1. The molecule has 0 fully saturated rings. The van der Waals surface area contributed by atoms with Crippen molar-refractivity contribution in [3.05, 3.63) is 24.3 Å². The first-order chi connectivity index (χ1) is 8.25. The average molecular weight is 235 g/mol. The second-order valence-electron chi connectivity index (χ2n) is 4.88. The van der Waals surface area contributed by atoms with E-state index in [9.17, 15) is 0 Å². The molecule has 0 saturated carbocycles. The standard InChI is InChI=1S/C14H21NO2/c1-11(2)7-8-15-9-12-10-16-13-5-3-4-6-14(13)17-12/h3-6,11-12,15H,7-10H2,1-2H3/t12-/m0/s1. The predicted octanol–water partition coefficient (Wildman–Crippen LogP) is 2.46. The molecule has 0 bridgehead atoms.